The minimum Gasteiger partial charge on any atom is -0.478 e. The van der Waals surface area contributed by atoms with Crippen molar-refractivity contribution < 1.29 is 9.90 Å². The Bertz CT molecular complexity index is 265. The molecule has 2 heteroatoms. The van der Waals surface area contributed by atoms with Gasteiger partial charge in [0.15, 0.2) is 0 Å². The molecule has 2 bridgehead atoms. The first-order valence-corrected chi connectivity index (χ1v) is 4.55. The maximum atomic E-state index is 10.9. The Morgan fingerprint density at radius 3 is 2.58 bits per heavy atom. The largest absolute Gasteiger partial charge is 0.478 e. The quantitative estimate of drug-likeness (QED) is 0.647. The Morgan fingerprint density at radius 1 is 1.50 bits per heavy atom. The molecule has 0 heterocycles. The molecule has 2 rings (SSSR count). The highest BCUT2D eigenvalue weighted by molar-refractivity contribution is 5.89. The van der Waals surface area contributed by atoms with Crippen LogP contribution in [-0.4, -0.2) is 11.1 Å². The van der Waals surface area contributed by atoms with Gasteiger partial charge in [-0.2, -0.15) is 0 Å². The third-order valence-corrected chi connectivity index (χ3v) is 3.52. The molecule has 2 nitrogen and oxygen atoms in total. The standard InChI is InChI=1S/C10H14O2/c1-5-3-7-4-8(5)9(6(7)2)10(11)12/h5,7-8H,3-4H2,1-2H3,(H,11,12). The predicted molar refractivity (Wildman–Crippen MR) is 45.7 cm³/mol. The monoisotopic (exact) mass is 166 g/mol. The van der Waals surface area contributed by atoms with Crippen molar-refractivity contribution in [2.24, 2.45) is 17.8 Å². The van der Waals surface area contributed by atoms with E-state index in [4.69, 9.17) is 5.11 Å². The van der Waals surface area contributed by atoms with E-state index in [1.54, 1.807) is 0 Å². The van der Waals surface area contributed by atoms with Crippen molar-refractivity contribution in [3.05, 3.63) is 11.1 Å². The lowest BCUT2D eigenvalue weighted by molar-refractivity contribution is -0.133. The minimum absolute atomic E-state index is 0.354. The summed E-state index contributed by atoms with van der Waals surface area (Å²) >= 11 is 0. The summed E-state index contributed by atoms with van der Waals surface area (Å²) in [6, 6.07) is 0. The first-order chi connectivity index (χ1) is 5.61. The summed E-state index contributed by atoms with van der Waals surface area (Å²) in [5.74, 6) is 0.833. The molecule has 2 aliphatic carbocycles. The van der Waals surface area contributed by atoms with Crippen molar-refractivity contribution in [1.82, 2.24) is 0 Å². The highest BCUT2D eigenvalue weighted by atomic mass is 16.4. The first kappa shape index (κ1) is 7.84. The van der Waals surface area contributed by atoms with Gasteiger partial charge in [0.2, 0.25) is 0 Å². The number of hydrogen-bond acceptors (Lipinski definition) is 1. The Morgan fingerprint density at radius 2 is 2.17 bits per heavy atom. The summed E-state index contributed by atoms with van der Waals surface area (Å²) < 4.78 is 0. The zero-order chi connectivity index (χ0) is 8.88. The number of aliphatic carboxylic acids is 1. The topological polar surface area (TPSA) is 37.3 Å². The highest BCUT2D eigenvalue weighted by Crippen LogP contribution is 2.51. The van der Waals surface area contributed by atoms with Gasteiger partial charge in [-0.25, -0.2) is 4.79 Å². The molecule has 0 radical (unpaired) electrons. The lowest BCUT2D eigenvalue weighted by Crippen LogP contribution is -2.17. The van der Waals surface area contributed by atoms with E-state index in [0.29, 0.717) is 17.8 Å². The van der Waals surface area contributed by atoms with Crippen molar-refractivity contribution in [2.45, 2.75) is 26.7 Å². The molecule has 1 saturated carbocycles. The zero-order valence-corrected chi connectivity index (χ0v) is 7.50. The molecule has 0 amide bonds. The Hall–Kier alpha value is -0.790. The van der Waals surface area contributed by atoms with Gasteiger partial charge in [-0.05, 0) is 37.5 Å². The predicted octanol–water partition coefficient (Wildman–Crippen LogP) is 2.06. The molecule has 0 aliphatic heterocycles. The molecular weight excluding hydrogens is 152 g/mol. The number of carboxylic acids is 1. The van der Waals surface area contributed by atoms with Crippen LogP contribution in [0, 0.1) is 17.8 Å². The van der Waals surface area contributed by atoms with Crippen LogP contribution in [0.5, 0.6) is 0 Å². The minimum atomic E-state index is -0.688. The molecule has 0 aromatic heterocycles. The molecule has 12 heavy (non-hydrogen) atoms. The fourth-order valence-corrected chi connectivity index (χ4v) is 2.84. The molecule has 0 spiro atoms. The average Bonchev–Trinajstić information content (AvgIpc) is 2.44. The van der Waals surface area contributed by atoms with Crippen molar-refractivity contribution in [3.63, 3.8) is 0 Å². The second kappa shape index (κ2) is 2.35. The van der Waals surface area contributed by atoms with Gasteiger partial charge in [0.05, 0.1) is 0 Å². The fraction of sp³-hybridized carbons (Fsp3) is 0.700. The Balaban J connectivity index is 2.38. The van der Waals surface area contributed by atoms with E-state index in [1.807, 2.05) is 6.92 Å². The van der Waals surface area contributed by atoms with Crippen LogP contribution in [0.4, 0.5) is 0 Å². The van der Waals surface area contributed by atoms with Gasteiger partial charge in [-0.3, -0.25) is 0 Å². The first-order valence-electron chi connectivity index (χ1n) is 4.55. The smallest absolute Gasteiger partial charge is 0.331 e. The van der Waals surface area contributed by atoms with E-state index in [2.05, 4.69) is 6.92 Å². The second-order valence-corrected chi connectivity index (χ2v) is 4.15. The zero-order valence-electron chi connectivity index (χ0n) is 7.50. The number of fused-ring (bicyclic) bond motifs is 2. The second-order valence-electron chi connectivity index (χ2n) is 4.15. The van der Waals surface area contributed by atoms with E-state index < -0.39 is 5.97 Å². The summed E-state index contributed by atoms with van der Waals surface area (Å²) in [5, 5.41) is 8.97. The van der Waals surface area contributed by atoms with Crippen LogP contribution in [0.3, 0.4) is 0 Å². The van der Waals surface area contributed by atoms with E-state index in [1.165, 1.54) is 6.42 Å². The molecule has 0 aromatic rings. The van der Waals surface area contributed by atoms with Crippen molar-refractivity contribution in [2.75, 3.05) is 0 Å². The maximum absolute atomic E-state index is 10.9. The maximum Gasteiger partial charge on any atom is 0.331 e. The van der Waals surface area contributed by atoms with Gasteiger partial charge in [0.1, 0.15) is 0 Å². The Kier molecular flexibility index (Phi) is 1.53. The number of carboxylic acid groups (broad SMARTS) is 1. The number of hydrogen-bond donors (Lipinski definition) is 1. The molecule has 1 N–H and O–H groups in total. The van der Waals surface area contributed by atoms with Crippen molar-refractivity contribution in [1.29, 1.82) is 0 Å². The molecule has 0 saturated heterocycles. The van der Waals surface area contributed by atoms with E-state index in [-0.39, 0.29) is 0 Å². The van der Waals surface area contributed by atoms with E-state index in [0.717, 1.165) is 17.6 Å². The summed E-state index contributed by atoms with van der Waals surface area (Å²) in [4.78, 5) is 10.9. The molecule has 3 unspecified atom stereocenters. The lowest BCUT2D eigenvalue weighted by atomic mass is 9.85. The van der Waals surface area contributed by atoms with Crippen LogP contribution >= 0.6 is 0 Å². The lowest BCUT2D eigenvalue weighted by Gasteiger charge is -2.19. The van der Waals surface area contributed by atoms with Gasteiger partial charge < -0.3 is 5.11 Å². The summed E-state index contributed by atoms with van der Waals surface area (Å²) in [6.45, 7) is 4.15. The van der Waals surface area contributed by atoms with Crippen LogP contribution in [0.25, 0.3) is 0 Å². The van der Waals surface area contributed by atoms with Crippen molar-refractivity contribution in [3.8, 4) is 0 Å². The number of carbonyl (C=O) groups is 1. The SMILES string of the molecule is CC1=C(C(=O)O)C2CC1CC2C. The normalized spacial score (nSPS) is 39.3. The number of allylic oxidation sites excluding steroid dienone is 1. The molecule has 1 fully saturated rings. The Labute approximate surface area is 72.3 Å². The van der Waals surface area contributed by atoms with Gasteiger partial charge in [0.25, 0.3) is 0 Å². The van der Waals surface area contributed by atoms with Gasteiger partial charge in [-0.1, -0.05) is 12.5 Å². The fourth-order valence-electron chi connectivity index (χ4n) is 2.84. The average molecular weight is 166 g/mol. The van der Waals surface area contributed by atoms with Gasteiger partial charge in [-0.15, -0.1) is 0 Å². The molecule has 66 valence electrons. The third-order valence-electron chi connectivity index (χ3n) is 3.52. The van der Waals surface area contributed by atoms with E-state index in [9.17, 15) is 4.79 Å². The molecule has 2 aliphatic rings. The summed E-state index contributed by atoms with van der Waals surface area (Å²) in [7, 11) is 0. The van der Waals surface area contributed by atoms with Crippen LogP contribution in [0.1, 0.15) is 26.7 Å². The van der Waals surface area contributed by atoms with Crippen LogP contribution < -0.4 is 0 Å². The molecule has 0 aromatic carbocycles. The van der Waals surface area contributed by atoms with Gasteiger partial charge in [0, 0.05) is 5.57 Å². The summed E-state index contributed by atoms with van der Waals surface area (Å²) in [6.07, 6.45) is 2.29. The highest BCUT2D eigenvalue weighted by Gasteiger charge is 2.44. The van der Waals surface area contributed by atoms with Gasteiger partial charge >= 0.3 is 5.97 Å². The number of rotatable bonds is 1. The molecule has 3 atom stereocenters. The van der Waals surface area contributed by atoms with Crippen LogP contribution in [0.15, 0.2) is 11.1 Å². The van der Waals surface area contributed by atoms with Crippen molar-refractivity contribution >= 4 is 5.97 Å². The van der Waals surface area contributed by atoms with Crippen LogP contribution in [0.2, 0.25) is 0 Å². The third kappa shape index (κ3) is 0.838. The van der Waals surface area contributed by atoms with E-state index >= 15 is 0 Å². The summed E-state index contributed by atoms with van der Waals surface area (Å²) in [5.41, 5.74) is 1.87. The van der Waals surface area contributed by atoms with Crippen LogP contribution in [-0.2, 0) is 4.79 Å². The molecular formula is C10H14O2.